The largest absolute Gasteiger partial charge is 0.371 e. The van der Waals surface area contributed by atoms with Gasteiger partial charge in [-0.2, -0.15) is 0 Å². The molecule has 1 aromatic heterocycles. The summed E-state index contributed by atoms with van der Waals surface area (Å²) in [4.78, 5) is 38.7. The highest BCUT2D eigenvalue weighted by Crippen LogP contribution is 2.32. The van der Waals surface area contributed by atoms with Crippen molar-refractivity contribution in [3.63, 3.8) is 0 Å². The molecule has 12 heteroatoms. The summed E-state index contributed by atoms with van der Waals surface area (Å²) in [5.41, 5.74) is 7.07. The minimum Gasteiger partial charge on any atom is -0.371 e. The van der Waals surface area contributed by atoms with Crippen LogP contribution in [0.2, 0.25) is 0 Å². The zero-order valence-electron chi connectivity index (χ0n) is 21.4. The second-order valence-corrected chi connectivity index (χ2v) is 9.83. The Labute approximate surface area is 215 Å². The van der Waals surface area contributed by atoms with Crippen molar-refractivity contribution >= 4 is 34.9 Å². The van der Waals surface area contributed by atoms with Gasteiger partial charge >= 0.3 is 6.03 Å². The molecule has 0 unspecified atom stereocenters. The maximum atomic E-state index is 13.5. The number of anilines is 4. The van der Waals surface area contributed by atoms with E-state index in [0.29, 0.717) is 24.6 Å². The lowest BCUT2D eigenvalue weighted by molar-refractivity contribution is -0.0220. The molecule has 2 fully saturated rings. The van der Waals surface area contributed by atoms with Crippen LogP contribution in [-0.2, 0) is 0 Å². The number of nitrogens with two attached hydrogens (primary N) is 1. The van der Waals surface area contributed by atoms with Gasteiger partial charge in [0, 0.05) is 64.0 Å². The van der Waals surface area contributed by atoms with Crippen molar-refractivity contribution in [1.82, 2.24) is 20.2 Å². The number of nitrogens with one attached hydrogen (secondary N) is 2. The molecule has 0 saturated carbocycles. The summed E-state index contributed by atoms with van der Waals surface area (Å²) in [6.07, 6.45) is 2.90. The Kier molecular flexibility index (Phi) is 7.65. The molecular weight excluding hydrogens is 482 g/mol. The third-order valence-corrected chi connectivity index (χ3v) is 6.98. The monoisotopic (exact) mass is 516 g/mol. The number of hydrogen-bond donors (Lipinski definition) is 3. The van der Waals surface area contributed by atoms with Crippen LogP contribution in [0, 0.1) is 0 Å². The number of halogens is 2. The van der Waals surface area contributed by atoms with Gasteiger partial charge in [0.25, 0.3) is 11.8 Å². The summed E-state index contributed by atoms with van der Waals surface area (Å²) >= 11 is 0. The molecule has 10 nitrogen and oxygen atoms in total. The van der Waals surface area contributed by atoms with Crippen molar-refractivity contribution in [2.75, 3.05) is 48.8 Å². The molecule has 0 radical (unpaired) electrons. The van der Waals surface area contributed by atoms with Gasteiger partial charge in [0.15, 0.2) is 11.5 Å². The average molecular weight is 517 g/mol. The summed E-state index contributed by atoms with van der Waals surface area (Å²) in [5, 5.41) is 6.18. The minimum absolute atomic E-state index is 0.00760. The standard InChI is InChI=1S/C25H34F2N8O2/c1-16-19(31-24(37)33(2)3)5-4-12-35(16)20-15-29-21(22(28)36)23(32-20)30-17-6-8-18(9-7-17)34-13-10-25(26,27)11-14-34/h6-9,15-16,19H,4-5,10-14H2,1-3H3,(H2,28,36)(H,30,32)(H,31,37)/t16-,19-/m1/s1. The predicted octanol–water partition coefficient (Wildman–Crippen LogP) is 3.18. The zero-order chi connectivity index (χ0) is 26.7. The lowest BCUT2D eigenvalue weighted by Crippen LogP contribution is -2.56. The Morgan fingerprint density at radius 2 is 1.81 bits per heavy atom. The number of primary amides is 1. The van der Waals surface area contributed by atoms with Crippen LogP contribution in [0.5, 0.6) is 0 Å². The number of carbonyl (C=O) groups excluding carboxylic acids is 2. The highest BCUT2D eigenvalue weighted by molar-refractivity contribution is 5.96. The molecule has 37 heavy (non-hydrogen) atoms. The zero-order valence-corrected chi connectivity index (χ0v) is 21.4. The van der Waals surface area contributed by atoms with E-state index in [4.69, 9.17) is 5.73 Å². The molecule has 0 bridgehead atoms. The molecule has 3 amide bonds. The summed E-state index contributed by atoms with van der Waals surface area (Å²) in [6.45, 7) is 3.33. The number of benzene rings is 1. The molecule has 2 aromatic rings. The van der Waals surface area contributed by atoms with Crippen LogP contribution in [-0.4, -0.2) is 78.5 Å². The van der Waals surface area contributed by atoms with Gasteiger partial charge in [-0.15, -0.1) is 0 Å². The van der Waals surface area contributed by atoms with Gasteiger partial charge in [-0.3, -0.25) is 4.79 Å². The lowest BCUT2D eigenvalue weighted by atomic mass is 9.97. The van der Waals surface area contributed by atoms with E-state index >= 15 is 0 Å². The molecule has 1 aromatic carbocycles. The number of aromatic nitrogens is 2. The first-order valence-electron chi connectivity index (χ1n) is 12.5. The van der Waals surface area contributed by atoms with Crippen molar-refractivity contribution in [2.24, 2.45) is 5.73 Å². The molecule has 2 aliphatic heterocycles. The van der Waals surface area contributed by atoms with E-state index in [1.54, 1.807) is 26.2 Å². The number of nitrogens with zero attached hydrogens (tertiary/aromatic N) is 5. The number of alkyl halides is 2. The summed E-state index contributed by atoms with van der Waals surface area (Å²) in [5.74, 6) is -2.52. The van der Waals surface area contributed by atoms with Gasteiger partial charge in [-0.05, 0) is 44.0 Å². The van der Waals surface area contributed by atoms with Gasteiger partial charge in [-0.25, -0.2) is 23.5 Å². The Morgan fingerprint density at radius 3 is 2.43 bits per heavy atom. The van der Waals surface area contributed by atoms with E-state index in [1.807, 2.05) is 24.0 Å². The number of amides is 3. The maximum absolute atomic E-state index is 13.5. The van der Waals surface area contributed by atoms with Crippen LogP contribution in [0.3, 0.4) is 0 Å². The van der Waals surface area contributed by atoms with Crippen molar-refractivity contribution in [1.29, 1.82) is 0 Å². The Hall–Kier alpha value is -3.70. The fraction of sp³-hybridized carbons (Fsp3) is 0.520. The Morgan fingerprint density at radius 1 is 1.14 bits per heavy atom. The predicted molar refractivity (Wildman–Crippen MR) is 139 cm³/mol. The molecule has 0 aliphatic carbocycles. The van der Waals surface area contributed by atoms with E-state index in [9.17, 15) is 18.4 Å². The van der Waals surface area contributed by atoms with Crippen LogP contribution in [0.4, 0.5) is 36.6 Å². The first-order chi connectivity index (χ1) is 17.5. The SMILES string of the molecule is C[C@@H]1[C@H](NC(=O)N(C)C)CCCN1c1cnc(C(N)=O)c(Nc2ccc(N3CCC(F)(F)CC3)cc2)n1. The van der Waals surface area contributed by atoms with Gasteiger partial charge < -0.3 is 31.1 Å². The van der Waals surface area contributed by atoms with Crippen molar-refractivity contribution in [3.8, 4) is 0 Å². The molecule has 0 spiro atoms. The van der Waals surface area contributed by atoms with Crippen molar-refractivity contribution < 1.29 is 18.4 Å². The first-order valence-corrected chi connectivity index (χ1v) is 12.5. The maximum Gasteiger partial charge on any atom is 0.317 e. The van der Waals surface area contributed by atoms with Gasteiger partial charge in [0.1, 0.15) is 5.82 Å². The van der Waals surface area contributed by atoms with Gasteiger partial charge in [0.05, 0.1) is 12.2 Å². The smallest absolute Gasteiger partial charge is 0.317 e. The van der Waals surface area contributed by atoms with Crippen LogP contribution in [0.15, 0.2) is 30.5 Å². The highest BCUT2D eigenvalue weighted by Gasteiger charge is 2.34. The molecular formula is C25H34F2N8O2. The number of carbonyl (C=O) groups is 2. The third-order valence-electron chi connectivity index (χ3n) is 6.98. The van der Waals surface area contributed by atoms with Crippen LogP contribution in [0.25, 0.3) is 0 Å². The quantitative estimate of drug-likeness (QED) is 0.539. The summed E-state index contributed by atoms with van der Waals surface area (Å²) in [6, 6.07) is 7.03. The second-order valence-electron chi connectivity index (χ2n) is 9.83. The molecule has 2 atom stereocenters. The van der Waals surface area contributed by atoms with E-state index in [-0.39, 0.29) is 42.5 Å². The molecule has 3 heterocycles. The second kappa shape index (κ2) is 10.7. The fourth-order valence-corrected chi connectivity index (χ4v) is 4.72. The molecule has 2 aliphatic rings. The van der Waals surface area contributed by atoms with E-state index in [0.717, 1.165) is 25.1 Å². The van der Waals surface area contributed by atoms with Crippen LogP contribution in [0.1, 0.15) is 43.1 Å². The molecule has 4 rings (SSSR count). The highest BCUT2D eigenvalue weighted by atomic mass is 19.3. The molecule has 4 N–H and O–H groups in total. The van der Waals surface area contributed by atoms with E-state index < -0.39 is 11.8 Å². The molecule has 2 saturated heterocycles. The number of urea groups is 1. The van der Waals surface area contributed by atoms with E-state index in [1.165, 1.54) is 11.1 Å². The fourth-order valence-electron chi connectivity index (χ4n) is 4.72. The van der Waals surface area contributed by atoms with Crippen molar-refractivity contribution in [2.45, 2.75) is 50.6 Å². The van der Waals surface area contributed by atoms with Crippen molar-refractivity contribution in [3.05, 3.63) is 36.2 Å². The normalized spacial score (nSPS) is 21.3. The summed E-state index contributed by atoms with van der Waals surface area (Å²) in [7, 11) is 3.40. The third kappa shape index (κ3) is 6.17. The molecule has 200 valence electrons. The van der Waals surface area contributed by atoms with E-state index in [2.05, 4.69) is 25.5 Å². The number of rotatable bonds is 6. The van der Waals surface area contributed by atoms with Crippen LogP contribution >= 0.6 is 0 Å². The topological polar surface area (TPSA) is 120 Å². The number of hydrogen-bond acceptors (Lipinski definition) is 7. The average Bonchev–Trinajstić information content (AvgIpc) is 2.85. The lowest BCUT2D eigenvalue weighted by Gasteiger charge is -2.40. The summed E-state index contributed by atoms with van der Waals surface area (Å²) < 4.78 is 27.0. The van der Waals surface area contributed by atoms with Gasteiger partial charge in [-0.1, -0.05) is 0 Å². The number of piperidine rings is 2. The van der Waals surface area contributed by atoms with Gasteiger partial charge in [0.2, 0.25) is 0 Å². The van der Waals surface area contributed by atoms with Crippen LogP contribution < -0.4 is 26.2 Å². The minimum atomic E-state index is -2.60. The first kappa shape index (κ1) is 26.4. The Balaban J connectivity index is 1.51. The Bertz CT molecular complexity index is 1120.